The van der Waals surface area contributed by atoms with E-state index in [0.29, 0.717) is 0 Å². The molecule has 3 rings (SSSR count). The molecule has 0 bridgehead atoms. The number of hydrogen-bond acceptors (Lipinski definition) is 4. The van der Waals surface area contributed by atoms with E-state index in [9.17, 15) is 4.79 Å². The molecule has 0 unspecified atom stereocenters. The summed E-state index contributed by atoms with van der Waals surface area (Å²) in [6.45, 7) is 0. The van der Waals surface area contributed by atoms with E-state index in [1.807, 2.05) is 41.8 Å². The first-order valence-electron chi connectivity index (χ1n) is 5.98. The molecule has 0 saturated carbocycles. The molecule has 0 spiro atoms. The first-order valence-corrected chi connectivity index (χ1v) is 6.86. The maximum Gasteiger partial charge on any atom is 0.247 e. The lowest BCUT2D eigenvalue weighted by atomic mass is 9.93. The number of carbonyl (C=O) groups excluding carboxylic acids is 1. The second kappa shape index (κ2) is 4.68. The van der Waals surface area contributed by atoms with Crippen molar-refractivity contribution in [3.05, 3.63) is 46.7 Å². The third kappa shape index (κ3) is 1.91. The largest absolute Gasteiger partial charge is 0.497 e. The van der Waals surface area contributed by atoms with Crippen LogP contribution < -0.4 is 15.4 Å². The molecule has 0 aliphatic carbocycles. The van der Waals surface area contributed by atoms with E-state index in [1.165, 1.54) is 0 Å². The highest BCUT2D eigenvalue weighted by molar-refractivity contribution is 7.10. The lowest BCUT2D eigenvalue weighted by Crippen LogP contribution is -2.63. The van der Waals surface area contributed by atoms with Gasteiger partial charge >= 0.3 is 0 Å². The third-order valence-electron chi connectivity index (χ3n) is 3.33. The minimum absolute atomic E-state index is 0.0384. The highest BCUT2D eigenvalue weighted by atomic mass is 32.1. The van der Waals surface area contributed by atoms with E-state index >= 15 is 0 Å². The summed E-state index contributed by atoms with van der Waals surface area (Å²) >= 11 is 1.62. The van der Waals surface area contributed by atoms with Crippen LogP contribution in [0.1, 0.15) is 10.9 Å². The molecule has 2 atom stereocenters. The van der Waals surface area contributed by atoms with Gasteiger partial charge in [0.15, 0.2) is 0 Å². The number of thiophene rings is 1. The van der Waals surface area contributed by atoms with Crippen molar-refractivity contribution in [2.75, 3.05) is 12.0 Å². The second-order valence-electron chi connectivity index (χ2n) is 4.39. The molecule has 0 radical (unpaired) electrons. The van der Waals surface area contributed by atoms with Crippen molar-refractivity contribution in [3.8, 4) is 5.75 Å². The normalized spacial score (nSPS) is 22.2. The summed E-state index contributed by atoms with van der Waals surface area (Å²) in [5, 5.41) is 2.00. The summed E-state index contributed by atoms with van der Waals surface area (Å²) in [7, 11) is 1.62. The van der Waals surface area contributed by atoms with E-state index in [-0.39, 0.29) is 11.9 Å². The van der Waals surface area contributed by atoms with E-state index in [2.05, 4.69) is 0 Å². The Hall–Kier alpha value is -1.85. The molecule has 1 amide bonds. The van der Waals surface area contributed by atoms with Crippen LogP contribution in [0.15, 0.2) is 41.8 Å². The van der Waals surface area contributed by atoms with Crippen molar-refractivity contribution >= 4 is 22.9 Å². The van der Waals surface area contributed by atoms with E-state index in [4.69, 9.17) is 10.5 Å². The molecule has 4 nitrogen and oxygen atoms in total. The molecule has 1 aromatic heterocycles. The Labute approximate surface area is 115 Å². The van der Waals surface area contributed by atoms with Crippen molar-refractivity contribution in [3.63, 3.8) is 0 Å². The van der Waals surface area contributed by atoms with E-state index in [0.717, 1.165) is 16.3 Å². The molecular weight excluding hydrogens is 260 g/mol. The molecular formula is C14H14N2O2S. The van der Waals surface area contributed by atoms with Crippen LogP contribution in [0.5, 0.6) is 5.75 Å². The van der Waals surface area contributed by atoms with Gasteiger partial charge in [0.2, 0.25) is 5.91 Å². The Morgan fingerprint density at radius 1 is 1.26 bits per heavy atom. The Morgan fingerprint density at radius 2 is 2.00 bits per heavy atom. The zero-order valence-corrected chi connectivity index (χ0v) is 11.3. The van der Waals surface area contributed by atoms with Gasteiger partial charge in [-0.2, -0.15) is 0 Å². The minimum atomic E-state index is -0.444. The van der Waals surface area contributed by atoms with Crippen molar-refractivity contribution in [1.29, 1.82) is 0 Å². The number of carbonyl (C=O) groups is 1. The quantitative estimate of drug-likeness (QED) is 0.873. The van der Waals surface area contributed by atoms with Gasteiger partial charge in [-0.05, 0) is 35.7 Å². The van der Waals surface area contributed by atoms with E-state index < -0.39 is 6.04 Å². The monoisotopic (exact) mass is 274 g/mol. The Morgan fingerprint density at radius 3 is 2.58 bits per heavy atom. The summed E-state index contributed by atoms with van der Waals surface area (Å²) < 4.78 is 5.12. The van der Waals surface area contributed by atoms with Gasteiger partial charge in [-0.15, -0.1) is 11.3 Å². The van der Waals surface area contributed by atoms with Gasteiger partial charge < -0.3 is 15.4 Å². The summed E-state index contributed by atoms with van der Waals surface area (Å²) in [6.07, 6.45) is 0. The van der Waals surface area contributed by atoms with Crippen LogP contribution in [-0.2, 0) is 4.79 Å². The molecule has 5 heteroatoms. The molecule has 98 valence electrons. The molecule has 2 N–H and O–H groups in total. The van der Waals surface area contributed by atoms with Crippen molar-refractivity contribution in [2.24, 2.45) is 5.73 Å². The third-order valence-corrected chi connectivity index (χ3v) is 4.27. The molecule has 19 heavy (non-hydrogen) atoms. The highest BCUT2D eigenvalue weighted by Crippen LogP contribution is 2.40. The predicted octanol–water partition coefficient (Wildman–Crippen LogP) is 2.17. The lowest BCUT2D eigenvalue weighted by molar-refractivity contribution is -0.126. The SMILES string of the molecule is COc1ccc(N2C(=O)[C@@H](N)[C@H]2c2cccs2)cc1. The van der Waals surface area contributed by atoms with Gasteiger partial charge in [0.1, 0.15) is 11.8 Å². The number of benzene rings is 1. The second-order valence-corrected chi connectivity index (χ2v) is 5.37. The van der Waals surface area contributed by atoms with E-state index in [1.54, 1.807) is 23.3 Å². The minimum Gasteiger partial charge on any atom is -0.497 e. The molecule has 2 aromatic rings. The summed E-state index contributed by atoms with van der Waals surface area (Å²) in [5.41, 5.74) is 6.78. The number of methoxy groups -OCH3 is 1. The van der Waals surface area contributed by atoms with Crippen molar-refractivity contribution in [1.82, 2.24) is 0 Å². The fourth-order valence-corrected chi connectivity index (χ4v) is 3.17. The number of amides is 1. The topological polar surface area (TPSA) is 55.6 Å². The van der Waals surface area contributed by atoms with Gasteiger partial charge in [-0.1, -0.05) is 6.07 Å². The Balaban J connectivity index is 1.91. The van der Waals surface area contributed by atoms with Crippen LogP contribution in [0, 0.1) is 0 Å². The molecule has 1 aliphatic rings. The number of hydrogen-bond donors (Lipinski definition) is 1. The predicted molar refractivity (Wildman–Crippen MR) is 75.5 cm³/mol. The van der Waals surface area contributed by atoms with Crippen LogP contribution in [0.2, 0.25) is 0 Å². The van der Waals surface area contributed by atoms with Gasteiger partial charge in [-0.25, -0.2) is 0 Å². The van der Waals surface area contributed by atoms with Crippen molar-refractivity contribution in [2.45, 2.75) is 12.1 Å². The summed E-state index contributed by atoms with van der Waals surface area (Å²) in [5.74, 6) is 0.734. The van der Waals surface area contributed by atoms with Gasteiger partial charge in [0, 0.05) is 10.6 Å². The fraction of sp³-hybridized carbons (Fsp3) is 0.214. The number of nitrogens with two attached hydrogens (primary N) is 1. The number of β-lactam (4-membered cyclic amide) rings is 1. The Kier molecular flexibility index (Phi) is 3.00. The molecule has 1 saturated heterocycles. The average molecular weight is 274 g/mol. The number of rotatable bonds is 3. The van der Waals surface area contributed by atoms with Gasteiger partial charge in [0.05, 0.1) is 13.2 Å². The van der Waals surface area contributed by atoms with Crippen molar-refractivity contribution < 1.29 is 9.53 Å². The highest BCUT2D eigenvalue weighted by Gasteiger charge is 2.47. The maximum atomic E-state index is 12.0. The van der Waals surface area contributed by atoms with Crippen LogP contribution >= 0.6 is 11.3 Å². The van der Waals surface area contributed by atoms with Crippen LogP contribution in [0.25, 0.3) is 0 Å². The maximum absolute atomic E-state index is 12.0. The van der Waals surface area contributed by atoms with Gasteiger partial charge in [-0.3, -0.25) is 4.79 Å². The summed E-state index contributed by atoms with van der Waals surface area (Å²) in [4.78, 5) is 14.9. The standard InChI is InChI=1S/C14H14N2O2S/c1-18-10-6-4-9(5-7-10)16-13(12(15)14(16)17)11-3-2-8-19-11/h2-8,12-13H,15H2,1H3/t12-,13+/m0/s1. The number of ether oxygens (including phenoxy) is 1. The van der Waals surface area contributed by atoms with Gasteiger partial charge in [0.25, 0.3) is 0 Å². The van der Waals surface area contributed by atoms with Crippen LogP contribution in [0.3, 0.4) is 0 Å². The number of nitrogens with zero attached hydrogens (tertiary/aromatic N) is 1. The Bertz CT molecular complexity index is 580. The zero-order valence-electron chi connectivity index (χ0n) is 10.4. The lowest BCUT2D eigenvalue weighted by Gasteiger charge is -2.44. The number of anilines is 1. The first kappa shape index (κ1) is 12.2. The smallest absolute Gasteiger partial charge is 0.247 e. The average Bonchev–Trinajstić information content (AvgIpc) is 2.97. The van der Waals surface area contributed by atoms with Crippen LogP contribution in [0.4, 0.5) is 5.69 Å². The summed E-state index contributed by atoms with van der Waals surface area (Å²) in [6, 6.07) is 10.9. The molecule has 1 fully saturated rings. The first-order chi connectivity index (χ1) is 9.22. The molecule has 1 aliphatic heterocycles. The zero-order chi connectivity index (χ0) is 13.4. The molecule has 2 heterocycles. The fourth-order valence-electron chi connectivity index (χ4n) is 2.31. The van der Waals surface area contributed by atoms with Crippen LogP contribution in [-0.4, -0.2) is 19.1 Å². The molecule has 1 aromatic carbocycles.